The highest BCUT2D eigenvalue weighted by molar-refractivity contribution is 5.88. The lowest BCUT2D eigenvalue weighted by atomic mass is 9.89. The molecule has 3 N–H and O–H groups in total. The molecule has 1 aliphatic rings. The zero-order valence-electron chi connectivity index (χ0n) is 22.5. The number of hydrogen-bond donors (Lipinski definition) is 3. The fourth-order valence-corrected chi connectivity index (χ4v) is 4.91. The fraction of sp³-hybridized carbons (Fsp3) is 0.387. The van der Waals surface area contributed by atoms with Crippen molar-refractivity contribution < 1.29 is 24.5 Å². The van der Waals surface area contributed by atoms with Crippen LogP contribution in [0, 0.1) is 5.92 Å². The summed E-state index contributed by atoms with van der Waals surface area (Å²) in [7, 11) is 2.00. The van der Waals surface area contributed by atoms with Crippen LogP contribution < -0.4 is 5.32 Å². The van der Waals surface area contributed by atoms with Gasteiger partial charge in [0.2, 0.25) is 5.91 Å². The van der Waals surface area contributed by atoms with Gasteiger partial charge in [0, 0.05) is 36.7 Å². The van der Waals surface area contributed by atoms with Crippen LogP contribution in [0.1, 0.15) is 61.5 Å². The lowest BCUT2D eigenvalue weighted by Crippen LogP contribution is -2.46. The molecule has 0 bridgehead atoms. The quantitative estimate of drug-likeness (QED) is 0.370. The molecule has 0 spiro atoms. The van der Waals surface area contributed by atoms with Crippen molar-refractivity contribution in [1.29, 1.82) is 0 Å². The van der Waals surface area contributed by atoms with Crippen LogP contribution in [-0.2, 0) is 20.9 Å². The number of likely N-dealkylation sites (N-methyl/N-ethyl adjacent to an activating group) is 1. The molecule has 6 atom stereocenters. The van der Waals surface area contributed by atoms with E-state index >= 15 is 0 Å². The molecule has 7 nitrogen and oxygen atoms in total. The lowest BCUT2D eigenvalue weighted by Gasteiger charge is -2.43. The number of anilines is 1. The SMILES string of the molecule is CC(=O)Nc1cccc(C2OC(CN(C)C(C)C(O)c3ccccc3)C(C)C(c3ccc(CO)cc3)O2)c1. The average Bonchev–Trinajstić information content (AvgIpc) is 2.93. The molecule has 0 radical (unpaired) electrons. The van der Waals surface area contributed by atoms with Gasteiger partial charge in [-0.3, -0.25) is 9.69 Å². The van der Waals surface area contributed by atoms with Gasteiger partial charge in [-0.15, -0.1) is 0 Å². The molecule has 1 fully saturated rings. The van der Waals surface area contributed by atoms with Gasteiger partial charge in [-0.2, -0.15) is 0 Å². The van der Waals surface area contributed by atoms with Crippen molar-refractivity contribution in [1.82, 2.24) is 4.90 Å². The second-order valence-electron chi connectivity index (χ2n) is 10.2. The van der Waals surface area contributed by atoms with Crippen LogP contribution in [0.3, 0.4) is 0 Å². The molecule has 4 rings (SSSR count). The van der Waals surface area contributed by atoms with Crippen molar-refractivity contribution in [3.05, 3.63) is 101 Å². The number of ether oxygens (including phenoxy) is 2. The van der Waals surface area contributed by atoms with Crippen LogP contribution in [0.2, 0.25) is 0 Å². The Morgan fingerprint density at radius 1 is 1.00 bits per heavy atom. The zero-order chi connectivity index (χ0) is 27.2. The van der Waals surface area contributed by atoms with Crippen molar-refractivity contribution in [3.63, 3.8) is 0 Å². The number of nitrogens with one attached hydrogen (secondary N) is 1. The Hall–Kier alpha value is -3.07. The normalized spacial score (nSPS) is 23.1. The van der Waals surface area contributed by atoms with E-state index in [9.17, 15) is 15.0 Å². The Kier molecular flexibility index (Phi) is 9.31. The maximum absolute atomic E-state index is 11.6. The van der Waals surface area contributed by atoms with Crippen molar-refractivity contribution in [2.45, 2.75) is 58.0 Å². The maximum atomic E-state index is 11.6. The van der Waals surface area contributed by atoms with Gasteiger partial charge in [-0.05, 0) is 42.8 Å². The standard InChI is InChI=1S/C31H38N2O5/c1-20-28(18-33(4)21(2)29(36)24-9-6-5-7-10-24)37-31(26-11-8-12-27(17-26)32-22(3)35)38-30(20)25-15-13-23(19-34)14-16-25/h5-17,20-21,28-31,34,36H,18-19H2,1-4H3,(H,32,35). The van der Waals surface area contributed by atoms with Crippen molar-refractivity contribution in [3.8, 4) is 0 Å². The molecule has 0 aliphatic carbocycles. The average molecular weight is 519 g/mol. The first-order chi connectivity index (χ1) is 18.3. The minimum atomic E-state index is -0.643. The third-order valence-corrected chi connectivity index (χ3v) is 7.36. The highest BCUT2D eigenvalue weighted by Gasteiger charge is 2.39. The van der Waals surface area contributed by atoms with Gasteiger partial charge in [-0.25, -0.2) is 0 Å². The third-order valence-electron chi connectivity index (χ3n) is 7.36. The molecule has 38 heavy (non-hydrogen) atoms. The van der Waals surface area contributed by atoms with E-state index in [0.29, 0.717) is 12.2 Å². The summed E-state index contributed by atoms with van der Waals surface area (Å²) in [5.41, 5.74) is 4.21. The molecule has 3 aromatic rings. The summed E-state index contributed by atoms with van der Waals surface area (Å²) in [4.78, 5) is 13.7. The van der Waals surface area contributed by atoms with Gasteiger partial charge in [-0.1, -0.05) is 73.7 Å². The molecule has 3 aromatic carbocycles. The number of nitrogens with zero attached hydrogens (tertiary/aromatic N) is 1. The van der Waals surface area contributed by atoms with E-state index in [1.807, 2.05) is 92.8 Å². The second kappa shape index (κ2) is 12.7. The number of aliphatic hydroxyl groups is 2. The van der Waals surface area contributed by atoms with Gasteiger partial charge in [0.05, 0.1) is 24.9 Å². The Bertz CT molecular complexity index is 1190. The van der Waals surface area contributed by atoms with E-state index in [2.05, 4.69) is 17.1 Å². The maximum Gasteiger partial charge on any atom is 0.221 e. The molecule has 202 valence electrons. The van der Waals surface area contributed by atoms with E-state index in [1.165, 1.54) is 6.92 Å². The summed E-state index contributed by atoms with van der Waals surface area (Å²) < 4.78 is 13.1. The Morgan fingerprint density at radius 2 is 1.71 bits per heavy atom. The first-order valence-corrected chi connectivity index (χ1v) is 13.1. The molecule has 1 heterocycles. The molecule has 7 heteroatoms. The summed E-state index contributed by atoms with van der Waals surface area (Å²) in [6.45, 7) is 6.18. The highest BCUT2D eigenvalue weighted by atomic mass is 16.7. The zero-order valence-corrected chi connectivity index (χ0v) is 22.5. The summed E-state index contributed by atoms with van der Waals surface area (Å²) in [5.74, 6) is -0.137. The molecular weight excluding hydrogens is 480 g/mol. The molecule has 1 saturated heterocycles. The predicted molar refractivity (Wildman–Crippen MR) is 147 cm³/mol. The minimum Gasteiger partial charge on any atom is -0.392 e. The monoisotopic (exact) mass is 518 g/mol. The predicted octanol–water partition coefficient (Wildman–Crippen LogP) is 4.98. The van der Waals surface area contributed by atoms with Crippen molar-refractivity contribution >= 4 is 11.6 Å². The summed E-state index contributed by atoms with van der Waals surface area (Å²) in [6, 6.07) is 24.8. The number of carbonyl (C=O) groups is 1. The van der Waals surface area contributed by atoms with E-state index < -0.39 is 12.4 Å². The van der Waals surface area contributed by atoms with Gasteiger partial charge >= 0.3 is 0 Å². The van der Waals surface area contributed by atoms with E-state index in [4.69, 9.17) is 9.47 Å². The summed E-state index contributed by atoms with van der Waals surface area (Å²) >= 11 is 0. The summed E-state index contributed by atoms with van der Waals surface area (Å²) in [6.07, 6.45) is -1.73. The number of rotatable bonds is 9. The summed E-state index contributed by atoms with van der Waals surface area (Å²) in [5, 5.41) is 23.3. The minimum absolute atomic E-state index is 0.00766. The van der Waals surface area contributed by atoms with Gasteiger partial charge in [0.25, 0.3) is 0 Å². The fourth-order valence-electron chi connectivity index (χ4n) is 4.91. The number of benzene rings is 3. The first-order valence-electron chi connectivity index (χ1n) is 13.1. The van der Waals surface area contributed by atoms with Crippen LogP contribution in [0.4, 0.5) is 5.69 Å². The molecule has 0 saturated carbocycles. The molecule has 0 aromatic heterocycles. The van der Waals surface area contributed by atoms with Crippen LogP contribution in [0.5, 0.6) is 0 Å². The number of hydrogen-bond acceptors (Lipinski definition) is 6. The van der Waals surface area contributed by atoms with Crippen LogP contribution in [0.15, 0.2) is 78.9 Å². The number of amides is 1. The van der Waals surface area contributed by atoms with Gasteiger partial charge < -0.3 is 25.0 Å². The van der Waals surface area contributed by atoms with E-state index in [1.54, 1.807) is 0 Å². The van der Waals surface area contributed by atoms with Gasteiger partial charge in [0.15, 0.2) is 6.29 Å². The third kappa shape index (κ3) is 6.67. The molecule has 6 unspecified atom stereocenters. The van der Waals surface area contributed by atoms with E-state index in [0.717, 1.165) is 22.3 Å². The van der Waals surface area contributed by atoms with E-state index in [-0.39, 0.29) is 36.7 Å². The Morgan fingerprint density at radius 3 is 2.37 bits per heavy atom. The lowest BCUT2D eigenvalue weighted by molar-refractivity contribution is -0.276. The van der Waals surface area contributed by atoms with Crippen molar-refractivity contribution in [2.24, 2.45) is 5.92 Å². The topological polar surface area (TPSA) is 91.3 Å². The molecule has 1 aliphatic heterocycles. The number of carbonyl (C=O) groups excluding carboxylic acids is 1. The van der Waals surface area contributed by atoms with Crippen LogP contribution in [-0.4, -0.2) is 46.8 Å². The molecular formula is C31H38N2O5. The highest BCUT2D eigenvalue weighted by Crippen LogP contribution is 2.42. The first kappa shape index (κ1) is 28.0. The molecule has 1 amide bonds. The largest absolute Gasteiger partial charge is 0.392 e. The smallest absolute Gasteiger partial charge is 0.221 e. The Labute approximate surface area is 225 Å². The van der Waals surface area contributed by atoms with Gasteiger partial charge in [0.1, 0.15) is 0 Å². The van der Waals surface area contributed by atoms with Crippen LogP contribution in [0.25, 0.3) is 0 Å². The number of aliphatic hydroxyl groups excluding tert-OH is 2. The Balaban J connectivity index is 1.59. The second-order valence-corrected chi connectivity index (χ2v) is 10.2. The van der Waals surface area contributed by atoms with Crippen LogP contribution >= 0.6 is 0 Å². The van der Waals surface area contributed by atoms with Crippen molar-refractivity contribution in [2.75, 3.05) is 18.9 Å².